The standard InChI is InChI=1S/C14H18ClNO2S/c1-2-19-13-7-10(15)5-6-11(13)14(18)16-8-12(17)9-3-4-9/h5-7,9,12,17H,2-4,8H2,1H3,(H,16,18)/t12-/m0/s1. The molecule has 1 fully saturated rings. The van der Waals surface area contributed by atoms with Crippen LogP contribution in [-0.2, 0) is 0 Å². The van der Waals surface area contributed by atoms with Crippen LogP contribution in [0.25, 0.3) is 0 Å². The van der Waals surface area contributed by atoms with Crippen LogP contribution in [0.4, 0.5) is 0 Å². The molecule has 0 aromatic heterocycles. The van der Waals surface area contributed by atoms with Crippen molar-refractivity contribution in [3.05, 3.63) is 28.8 Å². The van der Waals surface area contributed by atoms with Crippen molar-refractivity contribution in [2.45, 2.75) is 30.8 Å². The van der Waals surface area contributed by atoms with E-state index in [4.69, 9.17) is 11.6 Å². The maximum Gasteiger partial charge on any atom is 0.252 e. The Bertz CT molecular complexity index is 463. The average molecular weight is 300 g/mol. The molecule has 3 nitrogen and oxygen atoms in total. The minimum absolute atomic E-state index is 0.146. The van der Waals surface area contributed by atoms with Crippen LogP contribution in [0.1, 0.15) is 30.1 Å². The quantitative estimate of drug-likeness (QED) is 0.794. The van der Waals surface area contributed by atoms with E-state index in [1.807, 2.05) is 13.0 Å². The molecule has 0 unspecified atom stereocenters. The maximum atomic E-state index is 12.1. The third-order valence-corrected chi connectivity index (χ3v) is 4.30. The Hall–Kier alpha value is -0.710. The molecule has 1 saturated carbocycles. The Kier molecular flexibility index (Phi) is 5.13. The second-order valence-electron chi connectivity index (χ2n) is 4.69. The monoisotopic (exact) mass is 299 g/mol. The van der Waals surface area contributed by atoms with Gasteiger partial charge in [0, 0.05) is 16.5 Å². The summed E-state index contributed by atoms with van der Waals surface area (Å²) in [6.07, 6.45) is 1.71. The van der Waals surface area contributed by atoms with Crippen molar-refractivity contribution in [1.82, 2.24) is 5.32 Å². The largest absolute Gasteiger partial charge is 0.391 e. The normalized spacial score (nSPS) is 16.2. The third kappa shape index (κ3) is 4.13. The Morgan fingerprint density at radius 2 is 2.32 bits per heavy atom. The SMILES string of the molecule is CCSc1cc(Cl)ccc1C(=O)NC[C@H](O)C1CC1. The number of hydrogen-bond acceptors (Lipinski definition) is 3. The van der Waals surface area contributed by atoms with Gasteiger partial charge in [0.05, 0.1) is 11.7 Å². The van der Waals surface area contributed by atoms with Gasteiger partial charge >= 0.3 is 0 Å². The molecule has 19 heavy (non-hydrogen) atoms. The van der Waals surface area contributed by atoms with Crippen LogP contribution in [0.2, 0.25) is 5.02 Å². The van der Waals surface area contributed by atoms with Crippen molar-refractivity contribution in [3.8, 4) is 0 Å². The van der Waals surface area contributed by atoms with Gasteiger partial charge in [-0.3, -0.25) is 4.79 Å². The number of hydrogen-bond donors (Lipinski definition) is 2. The van der Waals surface area contributed by atoms with Crippen LogP contribution in [0.3, 0.4) is 0 Å². The smallest absolute Gasteiger partial charge is 0.252 e. The lowest BCUT2D eigenvalue weighted by atomic mass is 10.2. The Labute approximate surface area is 122 Å². The maximum absolute atomic E-state index is 12.1. The van der Waals surface area contributed by atoms with Crippen LogP contribution < -0.4 is 5.32 Å². The van der Waals surface area contributed by atoms with E-state index in [2.05, 4.69) is 5.32 Å². The third-order valence-electron chi connectivity index (χ3n) is 3.13. The van der Waals surface area contributed by atoms with Gasteiger partial charge in [0.2, 0.25) is 0 Å². The molecule has 1 amide bonds. The van der Waals surface area contributed by atoms with E-state index >= 15 is 0 Å². The van der Waals surface area contributed by atoms with Gasteiger partial charge in [-0.15, -0.1) is 11.8 Å². The number of rotatable bonds is 6. The molecule has 1 aromatic carbocycles. The number of thioether (sulfide) groups is 1. The summed E-state index contributed by atoms with van der Waals surface area (Å²) in [6.45, 7) is 2.35. The second kappa shape index (κ2) is 6.64. The van der Waals surface area contributed by atoms with Gasteiger partial charge in [0.15, 0.2) is 0 Å². The summed E-state index contributed by atoms with van der Waals surface area (Å²) in [6, 6.07) is 5.26. The van der Waals surface area contributed by atoms with E-state index in [-0.39, 0.29) is 5.91 Å². The van der Waals surface area contributed by atoms with Crippen molar-refractivity contribution in [1.29, 1.82) is 0 Å². The molecule has 0 saturated heterocycles. The lowest BCUT2D eigenvalue weighted by molar-refractivity contribution is 0.0898. The molecule has 5 heteroatoms. The first-order valence-corrected chi connectivity index (χ1v) is 7.86. The summed E-state index contributed by atoms with van der Waals surface area (Å²) in [7, 11) is 0. The number of carbonyl (C=O) groups excluding carboxylic acids is 1. The zero-order chi connectivity index (χ0) is 13.8. The van der Waals surface area contributed by atoms with Gasteiger partial charge in [-0.25, -0.2) is 0 Å². The number of nitrogens with one attached hydrogen (secondary N) is 1. The Morgan fingerprint density at radius 1 is 1.58 bits per heavy atom. The predicted octanol–water partition coefficient (Wildman–Crippen LogP) is 2.95. The minimum atomic E-state index is -0.418. The summed E-state index contributed by atoms with van der Waals surface area (Å²) in [4.78, 5) is 13.0. The molecule has 1 aliphatic carbocycles. The van der Waals surface area contributed by atoms with Crippen LogP contribution in [0, 0.1) is 5.92 Å². The Balaban J connectivity index is 2.00. The molecule has 2 rings (SSSR count). The van der Waals surface area contributed by atoms with Crippen LogP contribution in [-0.4, -0.2) is 29.4 Å². The summed E-state index contributed by atoms with van der Waals surface area (Å²) < 4.78 is 0. The number of aliphatic hydroxyl groups excluding tert-OH is 1. The van der Waals surface area contributed by atoms with Gasteiger partial charge in [-0.05, 0) is 42.7 Å². The zero-order valence-corrected chi connectivity index (χ0v) is 12.4. The predicted molar refractivity (Wildman–Crippen MR) is 78.9 cm³/mol. The molecule has 1 atom stereocenters. The van der Waals surface area contributed by atoms with Gasteiger partial charge in [-0.2, -0.15) is 0 Å². The number of carbonyl (C=O) groups is 1. The summed E-state index contributed by atoms with van der Waals surface area (Å²) >= 11 is 7.54. The van der Waals surface area contributed by atoms with Crippen LogP contribution in [0.5, 0.6) is 0 Å². The number of halogens is 1. The van der Waals surface area contributed by atoms with E-state index < -0.39 is 6.10 Å². The highest BCUT2D eigenvalue weighted by Crippen LogP contribution is 2.32. The first kappa shape index (κ1) is 14.7. The number of benzene rings is 1. The molecule has 0 radical (unpaired) electrons. The van der Waals surface area contributed by atoms with Crippen molar-refractivity contribution < 1.29 is 9.90 Å². The lowest BCUT2D eigenvalue weighted by Crippen LogP contribution is -2.33. The van der Waals surface area contributed by atoms with Gasteiger partial charge in [0.25, 0.3) is 5.91 Å². The van der Waals surface area contributed by atoms with E-state index in [1.165, 1.54) is 0 Å². The molecule has 104 valence electrons. The van der Waals surface area contributed by atoms with Crippen molar-refractivity contribution >= 4 is 29.3 Å². The topological polar surface area (TPSA) is 49.3 Å². The van der Waals surface area contributed by atoms with E-state index in [9.17, 15) is 9.90 Å². The van der Waals surface area contributed by atoms with E-state index in [1.54, 1.807) is 23.9 Å². The van der Waals surface area contributed by atoms with Crippen LogP contribution >= 0.6 is 23.4 Å². The molecule has 0 bridgehead atoms. The van der Waals surface area contributed by atoms with E-state index in [0.717, 1.165) is 23.5 Å². The minimum Gasteiger partial charge on any atom is -0.391 e. The summed E-state index contributed by atoms with van der Waals surface area (Å²) in [5.74, 6) is 1.10. The summed E-state index contributed by atoms with van der Waals surface area (Å²) in [5, 5.41) is 13.2. The highest BCUT2D eigenvalue weighted by molar-refractivity contribution is 7.99. The highest BCUT2D eigenvalue weighted by atomic mass is 35.5. The molecular formula is C14H18ClNO2S. The number of amides is 1. The van der Waals surface area contributed by atoms with Crippen LogP contribution in [0.15, 0.2) is 23.1 Å². The van der Waals surface area contributed by atoms with Gasteiger partial charge in [-0.1, -0.05) is 18.5 Å². The fourth-order valence-electron chi connectivity index (χ4n) is 1.90. The van der Waals surface area contributed by atoms with Crippen molar-refractivity contribution in [2.24, 2.45) is 5.92 Å². The van der Waals surface area contributed by atoms with E-state index in [0.29, 0.717) is 23.0 Å². The second-order valence-corrected chi connectivity index (χ2v) is 6.43. The molecule has 0 heterocycles. The fourth-order valence-corrected chi connectivity index (χ4v) is 2.97. The summed E-state index contributed by atoms with van der Waals surface area (Å²) in [5.41, 5.74) is 0.624. The lowest BCUT2D eigenvalue weighted by Gasteiger charge is -2.13. The number of aliphatic hydroxyl groups is 1. The zero-order valence-electron chi connectivity index (χ0n) is 10.9. The van der Waals surface area contributed by atoms with Crippen molar-refractivity contribution in [2.75, 3.05) is 12.3 Å². The molecule has 2 N–H and O–H groups in total. The Morgan fingerprint density at radius 3 is 2.95 bits per heavy atom. The first-order chi connectivity index (χ1) is 9.11. The van der Waals surface area contributed by atoms with Gasteiger partial charge in [0.1, 0.15) is 0 Å². The molecule has 0 aliphatic heterocycles. The molecule has 1 aliphatic rings. The van der Waals surface area contributed by atoms with Gasteiger partial charge < -0.3 is 10.4 Å². The average Bonchev–Trinajstić information content (AvgIpc) is 3.20. The first-order valence-electron chi connectivity index (χ1n) is 6.50. The molecule has 0 spiro atoms. The highest BCUT2D eigenvalue weighted by Gasteiger charge is 2.29. The molecule has 1 aromatic rings. The van der Waals surface area contributed by atoms with Crippen molar-refractivity contribution in [3.63, 3.8) is 0 Å². The molecular weight excluding hydrogens is 282 g/mol. The fraction of sp³-hybridized carbons (Fsp3) is 0.500.